The van der Waals surface area contributed by atoms with Crippen LogP contribution in [0.5, 0.6) is 5.75 Å². The van der Waals surface area contributed by atoms with Crippen molar-refractivity contribution in [3.63, 3.8) is 0 Å². The molecule has 0 amide bonds. The molecule has 0 saturated heterocycles. The van der Waals surface area contributed by atoms with Gasteiger partial charge in [0.15, 0.2) is 6.10 Å². The highest BCUT2D eigenvalue weighted by Crippen LogP contribution is 2.32. The Bertz CT molecular complexity index is 1090. The van der Waals surface area contributed by atoms with E-state index >= 15 is 0 Å². The van der Waals surface area contributed by atoms with Crippen molar-refractivity contribution in [2.24, 2.45) is 0 Å². The van der Waals surface area contributed by atoms with E-state index in [1.165, 1.54) is 0 Å². The molecule has 1 unspecified atom stereocenters. The second-order valence-corrected chi connectivity index (χ2v) is 6.01. The molecule has 2 aromatic heterocycles. The topological polar surface area (TPSA) is 44.1 Å². The van der Waals surface area contributed by atoms with Crippen LogP contribution in [0.4, 0.5) is 0 Å². The molecule has 1 atom stereocenters. The Balaban J connectivity index is 1.59. The number of benzene rings is 2. The molecule has 3 heterocycles. The number of para-hydroxylation sites is 2. The Morgan fingerprint density at radius 3 is 2.96 bits per heavy atom. The lowest BCUT2D eigenvalue weighted by Gasteiger charge is -2.25. The lowest BCUT2D eigenvalue weighted by molar-refractivity contribution is 0.0753. The minimum Gasteiger partial charge on any atom is -0.478 e. The van der Waals surface area contributed by atoms with Gasteiger partial charge < -0.3 is 9.30 Å². The zero-order valence-corrected chi connectivity index (χ0v) is 12.8. The van der Waals surface area contributed by atoms with E-state index in [4.69, 9.17) is 4.74 Å². The van der Waals surface area contributed by atoms with E-state index in [-0.39, 0.29) is 5.78 Å². The SMILES string of the molecule is O=C(c1ccnc2ccccc12)C1Cn2ccc3cccc(c32)O1. The Labute approximate surface area is 138 Å². The fourth-order valence-electron chi connectivity index (χ4n) is 3.46. The van der Waals surface area contributed by atoms with Gasteiger partial charge in [-0.2, -0.15) is 0 Å². The van der Waals surface area contributed by atoms with Gasteiger partial charge >= 0.3 is 0 Å². The van der Waals surface area contributed by atoms with Gasteiger partial charge in [0.05, 0.1) is 17.6 Å². The van der Waals surface area contributed by atoms with Gasteiger partial charge in [-0.05, 0) is 24.3 Å². The summed E-state index contributed by atoms with van der Waals surface area (Å²) in [4.78, 5) is 17.4. The summed E-state index contributed by atoms with van der Waals surface area (Å²) in [7, 11) is 0. The van der Waals surface area contributed by atoms with Crippen molar-refractivity contribution < 1.29 is 9.53 Å². The molecule has 24 heavy (non-hydrogen) atoms. The van der Waals surface area contributed by atoms with Crippen LogP contribution < -0.4 is 4.74 Å². The number of carbonyl (C=O) groups is 1. The Morgan fingerprint density at radius 2 is 2.00 bits per heavy atom. The van der Waals surface area contributed by atoms with Crippen molar-refractivity contribution in [3.8, 4) is 5.75 Å². The van der Waals surface area contributed by atoms with Crippen LogP contribution in [-0.2, 0) is 6.54 Å². The third-order valence-corrected chi connectivity index (χ3v) is 4.59. The first kappa shape index (κ1) is 13.3. The van der Waals surface area contributed by atoms with Gasteiger partial charge in [-0.15, -0.1) is 0 Å². The van der Waals surface area contributed by atoms with E-state index in [0.29, 0.717) is 12.1 Å². The standard InChI is InChI=1S/C20H14N2O2/c23-20(15-8-10-21-16-6-2-1-5-14(15)16)18-12-22-11-9-13-4-3-7-17(24-18)19(13)22/h1-11,18H,12H2. The molecule has 5 rings (SSSR count). The molecule has 0 bridgehead atoms. The first-order valence-corrected chi connectivity index (χ1v) is 7.94. The van der Waals surface area contributed by atoms with Gasteiger partial charge in [-0.1, -0.05) is 30.3 Å². The summed E-state index contributed by atoms with van der Waals surface area (Å²) < 4.78 is 8.13. The first-order valence-electron chi connectivity index (χ1n) is 7.94. The molecule has 2 aromatic carbocycles. The fourth-order valence-corrected chi connectivity index (χ4v) is 3.46. The van der Waals surface area contributed by atoms with Crippen molar-refractivity contribution in [2.75, 3.05) is 0 Å². The fraction of sp³-hybridized carbons (Fsp3) is 0.100. The normalized spacial score (nSPS) is 16.2. The summed E-state index contributed by atoms with van der Waals surface area (Å²) >= 11 is 0. The quantitative estimate of drug-likeness (QED) is 0.528. The molecular weight excluding hydrogens is 300 g/mol. The van der Waals surface area contributed by atoms with Gasteiger partial charge in [0.25, 0.3) is 0 Å². The smallest absolute Gasteiger partial charge is 0.205 e. The maximum Gasteiger partial charge on any atom is 0.205 e. The number of ether oxygens (including phenoxy) is 1. The Morgan fingerprint density at radius 1 is 1.08 bits per heavy atom. The summed E-state index contributed by atoms with van der Waals surface area (Å²) in [5.41, 5.74) is 2.54. The van der Waals surface area contributed by atoms with E-state index in [1.807, 2.05) is 42.6 Å². The van der Waals surface area contributed by atoms with Gasteiger partial charge in [0.2, 0.25) is 5.78 Å². The number of ketones is 1. The van der Waals surface area contributed by atoms with Crippen LogP contribution in [0.25, 0.3) is 21.8 Å². The average molecular weight is 314 g/mol. The second-order valence-electron chi connectivity index (χ2n) is 6.01. The number of hydrogen-bond acceptors (Lipinski definition) is 3. The van der Waals surface area contributed by atoms with Gasteiger partial charge in [-0.3, -0.25) is 9.78 Å². The molecule has 0 radical (unpaired) electrons. The molecular formula is C20H14N2O2. The molecule has 0 spiro atoms. The predicted molar refractivity (Wildman–Crippen MR) is 92.4 cm³/mol. The van der Waals surface area contributed by atoms with Crippen molar-refractivity contribution in [1.82, 2.24) is 9.55 Å². The van der Waals surface area contributed by atoms with Gasteiger partial charge in [-0.25, -0.2) is 0 Å². The molecule has 116 valence electrons. The highest BCUT2D eigenvalue weighted by atomic mass is 16.5. The summed E-state index contributed by atoms with van der Waals surface area (Å²) in [5.74, 6) is 0.755. The zero-order chi connectivity index (χ0) is 16.1. The number of fused-ring (bicyclic) bond motifs is 1. The molecule has 1 aliphatic heterocycles. The summed E-state index contributed by atoms with van der Waals surface area (Å²) in [6.07, 6.45) is 3.17. The number of pyridine rings is 1. The molecule has 0 aliphatic carbocycles. The Kier molecular flexibility index (Phi) is 2.73. The number of hydrogen-bond donors (Lipinski definition) is 0. The zero-order valence-electron chi connectivity index (χ0n) is 12.8. The third-order valence-electron chi connectivity index (χ3n) is 4.59. The Hall–Kier alpha value is -3.14. The van der Waals surface area contributed by atoms with E-state index in [0.717, 1.165) is 27.6 Å². The van der Waals surface area contributed by atoms with Crippen molar-refractivity contribution in [1.29, 1.82) is 0 Å². The monoisotopic (exact) mass is 314 g/mol. The lowest BCUT2D eigenvalue weighted by atomic mass is 10.0. The molecule has 0 fully saturated rings. The minimum atomic E-state index is -0.527. The number of Topliss-reactive ketones (excluding diaryl/α,β-unsaturated/α-hetero) is 1. The molecule has 4 aromatic rings. The third kappa shape index (κ3) is 1.86. The molecule has 4 nitrogen and oxygen atoms in total. The van der Waals surface area contributed by atoms with Crippen molar-refractivity contribution in [3.05, 3.63) is 72.6 Å². The first-order chi connectivity index (χ1) is 11.8. The van der Waals surface area contributed by atoms with Crippen LogP contribution in [0.1, 0.15) is 10.4 Å². The van der Waals surface area contributed by atoms with E-state index in [2.05, 4.69) is 21.7 Å². The van der Waals surface area contributed by atoms with Crippen LogP contribution in [0.3, 0.4) is 0 Å². The van der Waals surface area contributed by atoms with Crippen LogP contribution >= 0.6 is 0 Å². The van der Waals surface area contributed by atoms with E-state index < -0.39 is 6.10 Å². The highest BCUT2D eigenvalue weighted by Gasteiger charge is 2.29. The van der Waals surface area contributed by atoms with Crippen molar-refractivity contribution in [2.45, 2.75) is 12.6 Å². The van der Waals surface area contributed by atoms with E-state index in [1.54, 1.807) is 12.3 Å². The maximum absolute atomic E-state index is 13.1. The predicted octanol–water partition coefficient (Wildman–Crippen LogP) is 3.83. The number of nitrogens with zero attached hydrogens (tertiary/aromatic N) is 2. The molecule has 1 aliphatic rings. The molecule has 0 N–H and O–H groups in total. The number of carbonyl (C=O) groups excluding carboxylic acids is 1. The summed E-state index contributed by atoms with van der Waals surface area (Å²) in [6.45, 7) is 0.524. The largest absolute Gasteiger partial charge is 0.478 e. The van der Waals surface area contributed by atoms with Crippen LogP contribution in [-0.4, -0.2) is 21.4 Å². The minimum absolute atomic E-state index is 0.00930. The lowest BCUT2D eigenvalue weighted by Crippen LogP contribution is -2.34. The molecule has 4 heteroatoms. The van der Waals surface area contributed by atoms with Gasteiger partial charge in [0, 0.05) is 28.7 Å². The van der Waals surface area contributed by atoms with Crippen LogP contribution in [0, 0.1) is 0 Å². The highest BCUT2D eigenvalue weighted by molar-refractivity contribution is 6.09. The van der Waals surface area contributed by atoms with Crippen LogP contribution in [0.15, 0.2) is 67.0 Å². The maximum atomic E-state index is 13.1. The van der Waals surface area contributed by atoms with Gasteiger partial charge in [0.1, 0.15) is 5.75 Å². The average Bonchev–Trinajstić information content (AvgIpc) is 3.05. The van der Waals surface area contributed by atoms with E-state index in [9.17, 15) is 4.79 Å². The summed E-state index contributed by atoms with van der Waals surface area (Å²) in [5, 5.41) is 2.00. The number of rotatable bonds is 2. The second kappa shape index (κ2) is 4.93. The van der Waals surface area contributed by atoms with Crippen LogP contribution in [0.2, 0.25) is 0 Å². The molecule has 0 saturated carbocycles. The van der Waals surface area contributed by atoms with Crippen molar-refractivity contribution >= 4 is 27.6 Å². The summed E-state index contributed by atoms with van der Waals surface area (Å²) in [6, 6.07) is 17.5. The number of aromatic nitrogens is 2.